The number of hydrogen-bond donors (Lipinski definition) is 1. The molecule has 2 aromatic carbocycles. The number of ketones is 1. The van der Waals surface area contributed by atoms with Crippen molar-refractivity contribution >= 4 is 62.4 Å². The monoisotopic (exact) mass is 427 g/mol. The van der Waals surface area contributed by atoms with E-state index in [9.17, 15) is 4.79 Å². The minimum atomic E-state index is -0.0677. The van der Waals surface area contributed by atoms with Gasteiger partial charge in [-0.25, -0.2) is 0 Å². The van der Waals surface area contributed by atoms with Crippen LogP contribution in [0.1, 0.15) is 22.8 Å². The quantitative estimate of drug-likeness (QED) is 0.539. The molecule has 0 fully saturated rings. The van der Waals surface area contributed by atoms with Crippen LogP contribution in [0, 0.1) is 6.92 Å². The molecule has 3 rings (SSSR count). The second-order valence-electron chi connectivity index (χ2n) is 5.24. The molecule has 23 heavy (non-hydrogen) atoms. The number of halogens is 3. The number of rotatable bonds is 2. The molecule has 0 aliphatic carbocycles. The van der Waals surface area contributed by atoms with Crippen molar-refractivity contribution in [1.29, 1.82) is 0 Å². The molecule has 0 spiro atoms. The summed E-state index contributed by atoms with van der Waals surface area (Å²) in [5.41, 5.74) is 3.53. The Bertz CT molecular complexity index is 864. The van der Waals surface area contributed by atoms with Crippen LogP contribution >= 0.6 is 50.9 Å². The van der Waals surface area contributed by atoms with Crippen molar-refractivity contribution in [3.05, 3.63) is 66.6 Å². The molecule has 0 saturated heterocycles. The topological polar surface area (TPSA) is 29.1 Å². The van der Waals surface area contributed by atoms with Crippen molar-refractivity contribution in [1.82, 2.24) is 0 Å². The fraction of sp³-hybridized carbons (Fsp3) is 0.118. The van der Waals surface area contributed by atoms with Crippen LogP contribution in [-0.4, -0.2) is 5.78 Å². The zero-order valence-electron chi connectivity index (χ0n) is 12.3. The van der Waals surface area contributed by atoms with Gasteiger partial charge in [0.25, 0.3) is 0 Å². The minimum absolute atomic E-state index is 0.0677. The fourth-order valence-electron chi connectivity index (χ4n) is 2.37. The molecule has 1 aliphatic rings. The first-order valence-electron chi connectivity index (χ1n) is 6.82. The van der Waals surface area contributed by atoms with Gasteiger partial charge >= 0.3 is 0 Å². The number of carbonyl (C=O) groups excluding carboxylic acids is 1. The summed E-state index contributed by atoms with van der Waals surface area (Å²) in [4.78, 5) is 14.5. The van der Waals surface area contributed by atoms with Gasteiger partial charge in [0, 0.05) is 20.6 Å². The van der Waals surface area contributed by atoms with Gasteiger partial charge in [0.1, 0.15) is 0 Å². The van der Waals surface area contributed by atoms with E-state index >= 15 is 0 Å². The molecule has 0 atom stereocenters. The van der Waals surface area contributed by atoms with Gasteiger partial charge in [0.15, 0.2) is 0 Å². The standard InChI is InChI=1S/C17H12BrCl2NOS/c1-8-5-11(18)7-14-15(8)21-9(2)17(23-14)16(22)10-3-4-12(19)13(20)6-10/h3-7,21H,1-2H3. The smallest absolute Gasteiger partial charge is 0.201 e. The number of hydrogen-bond acceptors (Lipinski definition) is 3. The Morgan fingerprint density at radius 2 is 1.87 bits per heavy atom. The minimum Gasteiger partial charge on any atom is -0.357 e. The van der Waals surface area contributed by atoms with E-state index in [1.165, 1.54) is 11.8 Å². The van der Waals surface area contributed by atoms with Crippen molar-refractivity contribution in [3.63, 3.8) is 0 Å². The highest BCUT2D eigenvalue weighted by molar-refractivity contribution is 9.10. The number of anilines is 1. The van der Waals surface area contributed by atoms with Gasteiger partial charge in [-0.3, -0.25) is 4.79 Å². The normalized spacial score (nSPS) is 13.6. The molecule has 6 heteroatoms. The number of fused-ring (bicyclic) bond motifs is 1. The van der Waals surface area contributed by atoms with Crippen molar-refractivity contribution in [3.8, 4) is 0 Å². The molecule has 0 amide bonds. The first-order valence-corrected chi connectivity index (χ1v) is 9.19. The van der Waals surface area contributed by atoms with Crippen LogP contribution in [0.2, 0.25) is 10.0 Å². The van der Waals surface area contributed by atoms with E-state index in [0.29, 0.717) is 20.5 Å². The van der Waals surface area contributed by atoms with Crippen LogP contribution in [0.25, 0.3) is 0 Å². The summed E-state index contributed by atoms with van der Waals surface area (Å²) in [6.07, 6.45) is 0. The van der Waals surface area contributed by atoms with Gasteiger partial charge in [0.05, 0.1) is 20.6 Å². The average molecular weight is 429 g/mol. The summed E-state index contributed by atoms with van der Waals surface area (Å²) >= 11 is 16.9. The molecule has 0 aromatic heterocycles. The lowest BCUT2D eigenvalue weighted by Crippen LogP contribution is -2.13. The van der Waals surface area contributed by atoms with Gasteiger partial charge in [-0.05, 0) is 49.7 Å². The fourth-order valence-corrected chi connectivity index (χ4v) is 4.53. The van der Waals surface area contributed by atoms with E-state index in [1.54, 1.807) is 18.2 Å². The van der Waals surface area contributed by atoms with Crippen molar-refractivity contribution < 1.29 is 4.79 Å². The van der Waals surface area contributed by atoms with Crippen LogP contribution < -0.4 is 5.32 Å². The molecule has 0 radical (unpaired) electrons. The number of aryl methyl sites for hydroxylation is 1. The molecule has 1 N–H and O–H groups in total. The van der Waals surface area contributed by atoms with E-state index in [4.69, 9.17) is 23.2 Å². The lowest BCUT2D eigenvalue weighted by molar-refractivity contribution is 0.104. The van der Waals surface area contributed by atoms with E-state index in [-0.39, 0.29) is 5.78 Å². The Morgan fingerprint density at radius 1 is 1.13 bits per heavy atom. The van der Waals surface area contributed by atoms with Crippen molar-refractivity contribution in [2.45, 2.75) is 18.7 Å². The predicted octanol–water partition coefficient (Wildman–Crippen LogP) is 6.70. The summed E-state index contributed by atoms with van der Waals surface area (Å²) < 4.78 is 0.990. The maximum atomic E-state index is 12.8. The van der Waals surface area contributed by atoms with Crippen LogP contribution in [0.3, 0.4) is 0 Å². The van der Waals surface area contributed by atoms with Crippen LogP contribution in [0.15, 0.2) is 50.3 Å². The maximum Gasteiger partial charge on any atom is 0.201 e. The predicted molar refractivity (Wildman–Crippen MR) is 102 cm³/mol. The maximum absolute atomic E-state index is 12.8. The molecular weight excluding hydrogens is 417 g/mol. The molecule has 0 unspecified atom stereocenters. The summed E-state index contributed by atoms with van der Waals surface area (Å²) in [5, 5.41) is 4.16. The van der Waals surface area contributed by atoms with E-state index in [1.807, 2.05) is 26.0 Å². The van der Waals surface area contributed by atoms with Gasteiger partial charge in [0.2, 0.25) is 5.78 Å². The Kier molecular flexibility index (Phi) is 4.79. The molecule has 2 aromatic rings. The molecule has 2 nitrogen and oxygen atoms in total. The molecule has 1 heterocycles. The van der Waals surface area contributed by atoms with Crippen molar-refractivity contribution in [2.75, 3.05) is 5.32 Å². The third-order valence-corrected chi connectivity index (χ3v) is 5.95. The SMILES string of the molecule is CC1=C(C(=O)c2ccc(Cl)c(Cl)c2)Sc2cc(Br)cc(C)c2N1. The zero-order chi connectivity index (χ0) is 16.7. The number of carbonyl (C=O) groups is 1. The summed E-state index contributed by atoms with van der Waals surface area (Å²) in [6.45, 7) is 3.94. The number of allylic oxidation sites excluding steroid dienone is 2. The van der Waals surface area contributed by atoms with E-state index in [0.717, 1.165) is 26.3 Å². The van der Waals surface area contributed by atoms with Gasteiger partial charge < -0.3 is 5.32 Å². The lowest BCUT2D eigenvalue weighted by Gasteiger charge is -2.23. The molecule has 0 saturated carbocycles. The van der Waals surface area contributed by atoms with Gasteiger partial charge in [-0.1, -0.05) is 50.9 Å². The Hall–Kier alpha value is -0.940. The Balaban J connectivity index is 2.00. The first kappa shape index (κ1) is 16.9. The number of thioether (sulfide) groups is 1. The largest absolute Gasteiger partial charge is 0.357 e. The second kappa shape index (κ2) is 6.52. The van der Waals surface area contributed by atoms with Crippen LogP contribution in [0.5, 0.6) is 0 Å². The number of Topliss-reactive ketones (excluding diaryl/α,β-unsaturated/α-hetero) is 1. The summed E-state index contributed by atoms with van der Waals surface area (Å²) in [5.74, 6) is -0.0677. The zero-order valence-corrected chi connectivity index (χ0v) is 16.3. The second-order valence-corrected chi connectivity index (χ2v) is 8.02. The Labute approximate surface area is 157 Å². The lowest BCUT2D eigenvalue weighted by atomic mass is 10.1. The number of benzene rings is 2. The average Bonchev–Trinajstić information content (AvgIpc) is 2.49. The van der Waals surface area contributed by atoms with Gasteiger partial charge in [-0.15, -0.1) is 0 Å². The molecule has 1 aliphatic heterocycles. The molecular formula is C17H12BrCl2NOS. The highest BCUT2D eigenvalue weighted by Crippen LogP contribution is 2.44. The highest BCUT2D eigenvalue weighted by Gasteiger charge is 2.24. The Morgan fingerprint density at radius 3 is 2.57 bits per heavy atom. The van der Waals surface area contributed by atoms with Crippen LogP contribution in [-0.2, 0) is 0 Å². The first-order chi connectivity index (χ1) is 10.9. The van der Waals surface area contributed by atoms with Crippen LogP contribution in [0.4, 0.5) is 5.69 Å². The third-order valence-electron chi connectivity index (χ3n) is 3.52. The molecule has 0 bridgehead atoms. The third kappa shape index (κ3) is 3.31. The summed E-state index contributed by atoms with van der Waals surface area (Å²) in [7, 11) is 0. The van der Waals surface area contributed by atoms with E-state index in [2.05, 4.69) is 21.2 Å². The molecule has 118 valence electrons. The van der Waals surface area contributed by atoms with E-state index < -0.39 is 0 Å². The highest BCUT2D eigenvalue weighted by atomic mass is 79.9. The van der Waals surface area contributed by atoms with Crippen molar-refractivity contribution in [2.24, 2.45) is 0 Å². The van der Waals surface area contributed by atoms with Gasteiger partial charge in [-0.2, -0.15) is 0 Å². The number of nitrogens with one attached hydrogen (secondary N) is 1. The summed E-state index contributed by atoms with van der Waals surface area (Å²) in [6, 6.07) is 9.00.